The molecule has 0 radical (unpaired) electrons. The first-order chi connectivity index (χ1) is 7.70. The summed E-state index contributed by atoms with van der Waals surface area (Å²) >= 11 is 0. The van der Waals surface area contributed by atoms with E-state index < -0.39 is 0 Å². The molecule has 0 N–H and O–H groups in total. The predicted octanol–water partition coefficient (Wildman–Crippen LogP) is 2.20. The average molecular weight is 215 g/mol. The van der Waals surface area contributed by atoms with E-state index in [1.54, 1.807) is 23.0 Å². The summed E-state index contributed by atoms with van der Waals surface area (Å²) in [6.07, 6.45) is 6.10. The van der Waals surface area contributed by atoms with Crippen molar-refractivity contribution in [2.75, 3.05) is 0 Å². The largest absolute Gasteiger partial charge is 0.298 e. The lowest BCUT2D eigenvalue weighted by atomic mass is 10.1. The molecule has 0 atom stereocenters. The molecule has 82 valence electrons. The SMILES string of the molecule is CC(C)c1cnn(-c2ccc(C=O)cn2)c1. The molecule has 0 aromatic carbocycles. The molecule has 0 bridgehead atoms. The molecular formula is C12H13N3O. The zero-order chi connectivity index (χ0) is 11.5. The third kappa shape index (κ3) is 2.00. The molecule has 2 rings (SSSR count). The normalized spacial score (nSPS) is 10.7. The van der Waals surface area contributed by atoms with Crippen LogP contribution < -0.4 is 0 Å². The smallest absolute Gasteiger partial charge is 0.153 e. The second kappa shape index (κ2) is 4.26. The van der Waals surface area contributed by atoms with Crippen molar-refractivity contribution in [2.24, 2.45) is 0 Å². The first kappa shape index (κ1) is 10.5. The number of carbonyl (C=O) groups is 1. The standard InChI is InChI=1S/C12H13N3O/c1-9(2)11-6-14-15(7-11)12-4-3-10(8-16)5-13-12/h3-9H,1-2H3. The minimum absolute atomic E-state index is 0.447. The van der Waals surface area contributed by atoms with Crippen LogP contribution in [-0.4, -0.2) is 21.1 Å². The number of hydrogen-bond acceptors (Lipinski definition) is 3. The third-order valence-electron chi connectivity index (χ3n) is 2.41. The van der Waals surface area contributed by atoms with Gasteiger partial charge in [-0.25, -0.2) is 9.67 Å². The summed E-state index contributed by atoms with van der Waals surface area (Å²) in [5.74, 6) is 1.17. The summed E-state index contributed by atoms with van der Waals surface area (Å²) in [7, 11) is 0. The van der Waals surface area contributed by atoms with Crippen LogP contribution in [0.5, 0.6) is 0 Å². The van der Waals surface area contributed by atoms with Gasteiger partial charge < -0.3 is 0 Å². The predicted molar refractivity (Wildman–Crippen MR) is 60.8 cm³/mol. The maximum Gasteiger partial charge on any atom is 0.153 e. The zero-order valence-corrected chi connectivity index (χ0v) is 9.29. The summed E-state index contributed by atoms with van der Waals surface area (Å²) in [6.45, 7) is 4.23. The first-order valence-electron chi connectivity index (χ1n) is 5.17. The van der Waals surface area contributed by atoms with Crippen molar-refractivity contribution < 1.29 is 4.79 Å². The Hall–Kier alpha value is -1.97. The van der Waals surface area contributed by atoms with Gasteiger partial charge in [0.2, 0.25) is 0 Å². The molecule has 4 nitrogen and oxygen atoms in total. The van der Waals surface area contributed by atoms with E-state index >= 15 is 0 Å². The Labute approximate surface area is 93.9 Å². The Morgan fingerprint density at radius 1 is 1.31 bits per heavy atom. The van der Waals surface area contributed by atoms with E-state index in [-0.39, 0.29) is 0 Å². The van der Waals surface area contributed by atoms with Crippen molar-refractivity contribution in [2.45, 2.75) is 19.8 Å². The summed E-state index contributed by atoms with van der Waals surface area (Å²) in [5.41, 5.74) is 1.74. The van der Waals surface area contributed by atoms with Crippen molar-refractivity contribution in [3.63, 3.8) is 0 Å². The fraction of sp³-hybridized carbons (Fsp3) is 0.250. The van der Waals surface area contributed by atoms with Crippen LogP contribution in [0.4, 0.5) is 0 Å². The number of pyridine rings is 1. The molecule has 0 amide bonds. The number of aromatic nitrogens is 3. The molecule has 0 aliphatic heterocycles. The molecule has 2 aromatic rings. The Kier molecular flexibility index (Phi) is 2.81. The number of nitrogens with zero attached hydrogens (tertiary/aromatic N) is 3. The molecule has 0 aliphatic rings. The summed E-state index contributed by atoms with van der Waals surface area (Å²) in [6, 6.07) is 3.51. The van der Waals surface area contributed by atoms with Crippen LogP contribution in [-0.2, 0) is 0 Å². The minimum Gasteiger partial charge on any atom is -0.298 e. The molecule has 2 aromatic heterocycles. The molecule has 0 unspecified atom stereocenters. The fourth-order valence-electron chi connectivity index (χ4n) is 1.36. The maximum atomic E-state index is 10.5. The van der Waals surface area contributed by atoms with Gasteiger partial charge in [0.15, 0.2) is 12.1 Å². The third-order valence-corrected chi connectivity index (χ3v) is 2.41. The van der Waals surface area contributed by atoms with Gasteiger partial charge in [-0.2, -0.15) is 5.10 Å². The summed E-state index contributed by atoms with van der Waals surface area (Å²) in [4.78, 5) is 14.6. The highest BCUT2D eigenvalue weighted by molar-refractivity contribution is 5.74. The Morgan fingerprint density at radius 3 is 2.62 bits per heavy atom. The van der Waals surface area contributed by atoms with Crippen LogP contribution in [0.3, 0.4) is 0 Å². The van der Waals surface area contributed by atoms with Crippen molar-refractivity contribution in [3.05, 3.63) is 41.9 Å². The quantitative estimate of drug-likeness (QED) is 0.737. The monoisotopic (exact) mass is 215 g/mol. The highest BCUT2D eigenvalue weighted by Crippen LogP contribution is 2.14. The number of hydrogen-bond donors (Lipinski definition) is 0. The summed E-state index contributed by atoms with van der Waals surface area (Å²) < 4.78 is 1.71. The van der Waals surface area contributed by atoms with Gasteiger partial charge in [-0.15, -0.1) is 0 Å². The number of rotatable bonds is 3. The van der Waals surface area contributed by atoms with E-state index in [1.807, 2.05) is 12.4 Å². The topological polar surface area (TPSA) is 47.8 Å². The highest BCUT2D eigenvalue weighted by atomic mass is 16.1. The molecule has 16 heavy (non-hydrogen) atoms. The number of aldehydes is 1. The first-order valence-corrected chi connectivity index (χ1v) is 5.17. The van der Waals surface area contributed by atoms with Crippen molar-refractivity contribution in [1.82, 2.24) is 14.8 Å². The second-order valence-electron chi connectivity index (χ2n) is 3.94. The van der Waals surface area contributed by atoms with Crippen LogP contribution in [0.1, 0.15) is 35.7 Å². The van der Waals surface area contributed by atoms with E-state index in [2.05, 4.69) is 23.9 Å². The van der Waals surface area contributed by atoms with Crippen LogP contribution in [0, 0.1) is 0 Å². The Bertz CT molecular complexity index is 485. The molecule has 0 spiro atoms. The fourth-order valence-corrected chi connectivity index (χ4v) is 1.36. The lowest BCUT2D eigenvalue weighted by molar-refractivity contribution is 0.112. The molecule has 0 saturated carbocycles. The van der Waals surface area contributed by atoms with E-state index in [0.717, 1.165) is 12.1 Å². The average Bonchev–Trinajstić information content (AvgIpc) is 2.78. The van der Waals surface area contributed by atoms with Gasteiger partial charge in [-0.05, 0) is 23.6 Å². The van der Waals surface area contributed by atoms with Gasteiger partial charge in [0.25, 0.3) is 0 Å². The van der Waals surface area contributed by atoms with E-state index in [1.165, 1.54) is 5.56 Å². The maximum absolute atomic E-state index is 10.5. The van der Waals surface area contributed by atoms with Gasteiger partial charge in [0, 0.05) is 18.0 Å². The highest BCUT2D eigenvalue weighted by Gasteiger charge is 2.04. The lowest BCUT2D eigenvalue weighted by Crippen LogP contribution is -1.98. The van der Waals surface area contributed by atoms with Gasteiger partial charge in [0.05, 0.1) is 6.20 Å². The van der Waals surface area contributed by atoms with Gasteiger partial charge in [-0.1, -0.05) is 13.8 Å². The van der Waals surface area contributed by atoms with Gasteiger partial charge >= 0.3 is 0 Å². The van der Waals surface area contributed by atoms with Crippen LogP contribution in [0.25, 0.3) is 5.82 Å². The van der Waals surface area contributed by atoms with Crippen LogP contribution in [0.15, 0.2) is 30.7 Å². The molecule has 4 heteroatoms. The second-order valence-corrected chi connectivity index (χ2v) is 3.94. The zero-order valence-electron chi connectivity index (χ0n) is 9.29. The van der Waals surface area contributed by atoms with Gasteiger partial charge in [-0.3, -0.25) is 4.79 Å². The number of carbonyl (C=O) groups excluding carboxylic acids is 1. The molecule has 0 aliphatic carbocycles. The summed E-state index contributed by atoms with van der Waals surface area (Å²) in [5, 5.41) is 4.23. The molecule has 0 saturated heterocycles. The Balaban J connectivity index is 2.31. The van der Waals surface area contributed by atoms with E-state index in [0.29, 0.717) is 11.5 Å². The lowest BCUT2D eigenvalue weighted by Gasteiger charge is -2.00. The van der Waals surface area contributed by atoms with Crippen LogP contribution in [0.2, 0.25) is 0 Å². The van der Waals surface area contributed by atoms with Crippen molar-refractivity contribution >= 4 is 6.29 Å². The van der Waals surface area contributed by atoms with Gasteiger partial charge in [0.1, 0.15) is 0 Å². The molecule has 2 heterocycles. The van der Waals surface area contributed by atoms with E-state index in [4.69, 9.17) is 0 Å². The molecular weight excluding hydrogens is 202 g/mol. The minimum atomic E-state index is 0.447. The Morgan fingerprint density at radius 2 is 2.12 bits per heavy atom. The van der Waals surface area contributed by atoms with E-state index in [9.17, 15) is 4.79 Å². The van der Waals surface area contributed by atoms with Crippen LogP contribution >= 0.6 is 0 Å². The van der Waals surface area contributed by atoms with Crippen molar-refractivity contribution in [3.8, 4) is 5.82 Å². The molecule has 0 fully saturated rings. The van der Waals surface area contributed by atoms with Crippen molar-refractivity contribution in [1.29, 1.82) is 0 Å².